The maximum Gasteiger partial charge on any atom is 0.139 e. The number of hydrogen-bond acceptors (Lipinski definition) is 3. The molecule has 0 amide bonds. The Morgan fingerprint density at radius 3 is 3.07 bits per heavy atom. The third-order valence-electron chi connectivity index (χ3n) is 2.39. The molecular weight excluding hydrogens is 176 g/mol. The van der Waals surface area contributed by atoms with E-state index in [9.17, 15) is 0 Å². The SMILES string of the molecule is c1cncc(-c2nc3c([nH]2)CNC3)c1. The molecule has 0 radical (unpaired) electrons. The first-order valence-electron chi connectivity index (χ1n) is 4.62. The number of rotatable bonds is 1. The largest absolute Gasteiger partial charge is 0.340 e. The molecule has 4 heteroatoms. The fourth-order valence-electron chi connectivity index (χ4n) is 1.68. The smallest absolute Gasteiger partial charge is 0.139 e. The maximum atomic E-state index is 4.50. The molecule has 2 aromatic heterocycles. The monoisotopic (exact) mass is 186 g/mol. The summed E-state index contributed by atoms with van der Waals surface area (Å²) >= 11 is 0. The number of imidazole rings is 1. The van der Waals surface area contributed by atoms with E-state index in [-0.39, 0.29) is 0 Å². The predicted octanol–water partition coefficient (Wildman–Crippen LogP) is 1.07. The van der Waals surface area contributed by atoms with Crippen molar-refractivity contribution in [2.24, 2.45) is 0 Å². The third-order valence-corrected chi connectivity index (χ3v) is 2.39. The van der Waals surface area contributed by atoms with Crippen molar-refractivity contribution in [2.75, 3.05) is 0 Å². The molecule has 0 unspecified atom stereocenters. The third kappa shape index (κ3) is 1.12. The Morgan fingerprint density at radius 2 is 2.29 bits per heavy atom. The Morgan fingerprint density at radius 1 is 1.29 bits per heavy atom. The highest BCUT2D eigenvalue weighted by molar-refractivity contribution is 5.54. The van der Waals surface area contributed by atoms with E-state index in [1.165, 1.54) is 5.69 Å². The molecule has 1 aliphatic rings. The van der Waals surface area contributed by atoms with Crippen molar-refractivity contribution >= 4 is 0 Å². The average molecular weight is 186 g/mol. The van der Waals surface area contributed by atoms with Crippen molar-refractivity contribution in [3.63, 3.8) is 0 Å². The van der Waals surface area contributed by atoms with Crippen LogP contribution in [0.4, 0.5) is 0 Å². The van der Waals surface area contributed by atoms with Gasteiger partial charge in [-0.3, -0.25) is 4.98 Å². The van der Waals surface area contributed by atoms with Gasteiger partial charge in [0, 0.05) is 31.0 Å². The van der Waals surface area contributed by atoms with Crippen molar-refractivity contribution in [2.45, 2.75) is 13.1 Å². The summed E-state index contributed by atoms with van der Waals surface area (Å²) in [4.78, 5) is 11.9. The number of nitrogens with one attached hydrogen (secondary N) is 2. The summed E-state index contributed by atoms with van der Waals surface area (Å²) in [5.74, 6) is 0.921. The van der Waals surface area contributed by atoms with E-state index in [0.29, 0.717) is 0 Å². The van der Waals surface area contributed by atoms with Crippen LogP contribution in [0.15, 0.2) is 24.5 Å². The summed E-state index contributed by atoms with van der Waals surface area (Å²) in [5, 5.41) is 3.24. The van der Waals surface area contributed by atoms with Gasteiger partial charge in [0.1, 0.15) is 5.82 Å². The summed E-state index contributed by atoms with van der Waals surface area (Å²) in [6, 6.07) is 3.93. The van der Waals surface area contributed by atoms with Gasteiger partial charge < -0.3 is 10.3 Å². The van der Waals surface area contributed by atoms with Crippen LogP contribution in [-0.4, -0.2) is 15.0 Å². The molecule has 3 rings (SSSR count). The van der Waals surface area contributed by atoms with Gasteiger partial charge in [0.2, 0.25) is 0 Å². The minimum atomic E-state index is 0.867. The van der Waals surface area contributed by atoms with Gasteiger partial charge in [-0.25, -0.2) is 4.98 Å². The minimum Gasteiger partial charge on any atom is -0.340 e. The number of hydrogen-bond donors (Lipinski definition) is 2. The van der Waals surface area contributed by atoms with E-state index in [2.05, 4.69) is 20.3 Å². The van der Waals surface area contributed by atoms with Crippen molar-refractivity contribution < 1.29 is 0 Å². The van der Waals surface area contributed by atoms with Crippen molar-refractivity contribution in [3.05, 3.63) is 35.9 Å². The van der Waals surface area contributed by atoms with E-state index in [1.54, 1.807) is 6.20 Å². The second-order valence-corrected chi connectivity index (χ2v) is 3.36. The lowest BCUT2D eigenvalue weighted by Gasteiger charge is -1.95. The molecule has 2 aromatic rings. The standard InChI is InChI=1S/C10H10N4/c1-2-7(4-11-3-1)10-13-8-5-12-6-9(8)14-10/h1-4,12H,5-6H2,(H,13,14). The lowest BCUT2D eigenvalue weighted by molar-refractivity contribution is 0.744. The lowest BCUT2D eigenvalue weighted by Crippen LogP contribution is -2.02. The van der Waals surface area contributed by atoms with E-state index < -0.39 is 0 Å². The average Bonchev–Trinajstić information content (AvgIpc) is 2.78. The van der Waals surface area contributed by atoms with Crippen LogP contribution >= 0.6 is 0 Å². The van der Waals surface area contributed by atoms with Gasteiger partial charge >= 0.3 is 0 Å². The normalized spacial score (nSPS) is 14.3. The Bertz CT molecular complexity index is 425. The Labute approximate surface area is 81.4 Å². The van der Waals surface area contributed by atoms with Crippen LogP contribution in [-0.2, 0) is 13.1 Å². The number of aromatic amines is 1. The Kier molecular flexibility index (Phi) is 1.61. The molecule has 0 spiro atoms. The van der Waals surface area contributed by atoms with Crippen LogP contribution in [0.5, 0.6) is 0 Å². The minimum absolute atomic E-state index is 0.867. The molecule has 4 nitrogen and oxygen atoms in total. The number of pyridine rings is 1. The molecule has 1 aliphatic heterocycles. The Balaban J connectivity index is 2.06. The molecule has 14 heavy (non-hydrogen) atoms. The summed E-state index contributed by atoms with van der Waals surface area (Å²) < 4.78 is 0. The molecule has 2 N–H and O–H groups in total. The molecule has 0 bridgehead atoms. The van der Waals surface area contributed by atoms with Crippen molar-refractivity contribution in [3.8, 4) is 11.4 Å². The Hall–Kier alpha value is -1.68. The zero-order chi connectivity index (χ0) is 9.38. The number of H-pyrrole nitrogens is 1. The van der Waals surface area contributed by atoms with Gasteiger partial charge in [0.25, 0.3) is 0 Å². The molecular formula is C10H10N4. The molecule has 0 aromatic carbocycles. The van der Waals surface area contributed by atoms with Crippen LogP contribution in [0.1, 0.15) is 11.4 Å². The lowest BCUT2D eigenvalue weighted by atomic mass is 10.3. The van der Waals surface area contributed by atoms with Gasteiger partial charge in [-0.1, -0.05) is 0 Å². The number of nitrogens with zero attached hydrogens (tertiary/aromatic N) is 2. The van der Waals surface area contributed by atoms with Gasteiger partial charge in [-0.15, -0.1) is 0 Å². The molecule has 0 atom stereocenters. The van der Waals surface area contributed by atoms with Crippen molar-refractivity contribution in [1.29, 1.82) is 0 Å². The number of fused-ring (bicyclic) bond motifs is 1. The highest BCUT2D eigenvalue weighted by atomic mass is 15.0. The first-order chi connectivity index (χ1) is 6.93. The molecule has 70 valence electrons. The number of aromatic nitrogens is 3. The quantitative estimate of drug-likeness (QED) is 0.700. The van der Waals surface area contributed by atoms with Gasteiger partial charge in [-0.2, -0.15) is 0 Å². The van der Waals surface area contributed by atoms with E-state index in [1.807, 2.05) is 18.3 Å². The van der Waals surface area contributed by atoms with E-state index in [0.717, 1.165) is 30.2 Å². The van der Waals surface area contributed by atoms with Gasteiger partial charge in [-0.05, 0) is 12.1 Å². The fraction of sp³-hybridized carbons (Fsp3) is 0.200. The second kappa shape index (κ2) is 2.92. The summed E-state index contributed by atoms with van der Waals surface area (Å²) in [5.41, 5.74) is 3.37. The van der Waals surface area contributed by atoms with Gasteiger partial charge in [0.05, 0.1) is 11.4 Å². The topological polar surface area (TPSA) is 53.6 Å². The van der Waals surface area contributed by atoms with Crippen molar-refractivity contribution in [1.82, 2.24) is 20.3 Å². The summed E-state index contributed by atoms with van der Waals surface area (Å²) in [7, 11) is 0. The first-order valence-corrected chi connectivity index (χ1v) is 4.62. The van der Waals surface area contributed by atoms with Crippen LogP contribution in [0.3, 0.4) is 0 Å². The highest BCUT2D eigenvalue weighted by Gasteiger charge is 2.15. The maximum absolute atomic E-state index is 4.50. The van der Waals surface area contributed by atoms with E-state index in [4.69, 9.17) is 0 Å². The summed E-state index contributed by atoms with van der Waals surface area (Å²) in [6.07, 6.45) is 3.59. The second-order valence-electron chi connectivity index (χ2n) is 3.36. The molecule has 0 fully saturated rings. The predicted molar refractivity (Wildman–Crippen MR) is 52.4 cm³/mol. The molecule has 0 aliphatic carbocycles. The first kappa shape index (κ1) is 7.70. The van der Waals surface area contributed by atoms with Crippen LogP contribution < -0.4 is 5.32 Å². The molecule has 0 saturated heterocycles. The molecule has 0 saturated carbocycles. The summed E-state index contributed by atoms with van der Waals surface area (Å²) in [6.45, 7) is 1.76. The van der Waals surface area contributed by atoms with Crippen LogP contribution in [0.25, 0.3) is 11.4 Å². The van der Waals surface area contributed by atoms with E-state index >= 15 is 0 Å². The highest BCUT2D eigenvalue weighted by Crippen LogP contribution is 2.19. The van der Waals surface area contributed by atoms with Crippen LogP contribution in [0, 0.1) is 0 Å². The zero-order valence-corrected chi connectivity index (χ0v) is 7.62. The van der Waals surface area contributed by atoms with Crippen LogP contribution in [0.2, 0.25) is 0 Å². The fourth-order valence-corrected chi connectivity index (χ4v) is 1.68. The molecule has 3 heterocycles. The zero-order valence-electron chi connectivity index (χ0n) is 7.62. The van der Waals surface area contributed by atoms with Gasteiger partial charge in [0.15, 0.2) is 0 Å².